The number of carbonyl (C=O) groups is 1. The molecule has 0 spiro atoms. The number of benzene rings is 2. The summed E-state index contributed by atoms with van der Waals surface area (Å²) in [6.45, 7) is 6.61. The molecule has 1 atom stereocenters. The van der Waals surface area contributed by atoms with Crippen LogP contribution in [0.4, 0.5) is 0 Å². The maximum atomic E-state index is 12.5. The molecule has 0 amide bonds. The van der Waals surface area contributed by atoms with E-state index in [1.807, 2.05) is 36.4 Å². The van der Waals surface area contributed by atoms with Crippen molar-refractivity contribution in [1.29, 1.82) is 0 Å². The molecule has 0 unspecified atom stereocenters. The Hall–Kier alpha value is -1.89. The molecule has 0 bridgehead atoms. The molecule has 0 aliphatic carbocycles. The quantitative estimate of drug-likeness (QED) is 0.640. The minimum Gasteiger partial charge on any atom is -0.294 e. The van der Waals surface area contributed by atoms with Crippen LogP contribution in [0.15, 0.2) is 60.7 Å². The summed E-state index contributed by atoms with van der Waals surface area (Å²) in [6, 6.07) is 20.1. The van der Waals surface area contributed by atoms with Gasteiger partial charge in [-0.3, -0.25) is 4.79 Å². The van der Waals surface area contributed by atoms with Crippen LogP contribution < -0.4 is 0 Å². The number of Topliss-reactive ketones (excluding diaryl/α,β-unsaturated/α-hetero) is 1. The smallest absolute Gasteiger partial charge is 0.163 e. The van der Waals surface area contributed by atoms with E-state index < -0.39 is 0 Å². The predicted molar refractivity (Wildman–Crippen MR) is 88.6 cm³/mol. The summed E-state index contributed by atoms with van der Waals surface area (Å²) in [5.41, 5.74) is 2.09. The molecule has 0 fully saturated rings. The van der Waals surface area contributed by atoms with Crippen molar-refractivity contribution in [3.8, 4) is 0 Å². The molecule has 1 nitrogen and oxygen atoms in total. The van der Waals surface area contributed by atoms with Gasteiger partial charge in [-0.05, 0) is 23.3 Å². The van der Waals surface area contributed by atoms with Gasteiger partial charge in [-0.2, -0.15) is 0 Å². The van der Waals surface area contributed by atoms with Crippen LogP contribution in [-0.4, -0.2) is 5.78 Å². The third-order valence-electron chi connectivity index (χ3n) is 4.27. The highest BCUT2D eigenvalue weighted by Gasteiger charge is 2.31. The predicted octanol–water partition coefficient (Wildman–Crippen LogP) is 5.48. The second-order valence-electron chi connectivity index (χ2n) is 6.33. The third-order valence-corrected chi connectivity index (χ3v) is 4.27. The highest BCUT2D eigenvalue weighted by Crippen LogP contribution is 2.41. The van der Waals surface area contributed by atoms with Crippen molar-refractivity contribution >= 4 is 5.78 Å². The van der Waals surface area contributed by atoms with Crippen LogP contribution >= 0.6 is 0 Å². The van der Waals surface area contributed by atoms with Gasteiger partial charge in [-0.1, -0.05) is 81.4 Å². The molecule has 0 saturated heterocycles. The average Bonchev–Trinajstić information content (AvgIpc) is 2.49. The molecular weight excluding hydrogens is 256 g/mol. The van der Waals surface area contributed by atoms with Crippen molar-refractivity contribution in [2.24, 2.45) is 5.41 Å². The zero-order valence-electron chi connectivity index (χ0n) is 13.2. The highest BCUT2D eigenvalue weighted by atomic mass is 16.1. The Morgan fingerprint density at radius 2 is 1.48 bits per heavy atom. The summed E-state index contributed by atoms with van der Waals surface area (Å²) in [7, 11) is 0. The Morgan fingerprint density at radius 1 is 0.952 bits per heavy atom. The van der Waals surface area contributed by atoms with E-state index in [1.165, 1.54) is 5.56 Å². The minimum absolute atomic E-state index is 0.0526. The maximum absolute atomic E-state index is 12.5. The lowest BCUT2D eigenvalue weighted by molar-refractivity contribution is 0.0910. The minimum atomic E-state index is -0.0526. The van der Waals surface area contributed by atoms with E-state index in [4.69, 9.17) is 0 Å². The van der Waals surface area contributed by atoms with E-state index in [9.17, 15) is 4.79 Å². The fourth-order valence-electron chi connectivity index (χ4n) is 3.19. The maximum Gasteiger partial charge on any atom is 0.163 e. The number of ketones is 1. The monoisotopic (exact) mass is 280 g/mol. The van der Waals surface area contributed by atoms with Gasteiger partial charge in [0.25, 0.3) is 0 Å². The van der Waals surface area contributed by atoms with E-state index in [2.05, 4.69) is 45.0 Å². The molecule has 0 N–H and O–H groups in total. The fraction of sp³-hybridized carbons (Fsp3) is 0.350. The summed E-state index contributed by atoms with van der Waals surface area (Å²) < 4.78 is 0. The molecule has 21 heavy (non-hydrogen) atoms. The second kappa shape index (κ2) is 6.71. The molecule has 0 saturated carbocycles. The Labute approximate surface area is 128 Å². The highest BCUT2D eigenvalue weighted by molar-refractivity contribution is 5.96. The van der Waals surface area contributed by atoms with Crippen molar-refractivity contribution in [1.82, 2.24) is 0 Å². The number of hydrogen-bond acceptors (Lipinski definition) is 1. The topological polar surface area (TPSA) is 17.1 Å². The zero-order valence-corrected chi connectivity index (χ0v) is 13.2. The van der Waals surface area contributed by atoms with Crippen LogP contribution in [0.25, 0.3) is 0 Å². The van der Waals surface area contributed by atoms with Gasteiger partial charge in [0.05, 0.1) is 0 Å². The summed E-state index contributed by atoms with van der Waals surface area (Å²) in [6.07, 6.45) is 1.61. The van der Waals surface area contributed by atoms with Gasteiger partial charge in [-0.25, -0.2) is 0 Å². The summed E-state index contributed by atoms with van der Waals surface area (Å²) in [4.78, 5) is 12.5. The van der Waals surface area contributed by atoms with Crippen molar-refractivity contribution in [2.75, 3.05) is 0 Å². The van der Waals surface area contributed by atoms with Gasteiger partial charge in [-0.15, -0.1) is 0 Å². The second-order valence-corrected chi connectivity index (χ2v) is 6.33. The summed E-state index contributed by atoms with van der Waals surface area (Å²) >= 11 is 0. The van der Waals surface area contributed by atoms with E-state index in [-0.39, 0.29) is 11.2 Å². The third kappa shape index (κ3) is 3.81. The Bertz CT molecular complexity index is 569. The van der Waals surface area contributed by atoms with Crippen LogP contribution in [0.5, 0.6) is 0 Å². The Balaban J connectivity index is 2.18. The average molecular weight is 280 g/mol. The number of carbonyl (C=O) groups excluding carboxylic acids is 1. The van der Waals surface area contributed by atoms with Crippen LogP contribution in [0, 0.1) is 5.41 Å². The van der Waals surface area contributed by atoms with Gasteiger partial charge >= 0.3 is 0 Å². The number of hydrogen-bond donors (Lipinski definition) is 0. The van der Waals surface area contributed by atoms with Gasteiger partial charge in [0.15, 0.2) is 5.78 Å². The van der Waals surface area contributed by atoms with Crippen LogP contribution in [0.3, 0.4) is 0 Å². The van der Waals surface area contributed by atoms with Crippen molar-refractivity contribution in [3.63, 3.8) is 0 Å². The molecule has 0 aliphatic heterocycles. The van der Waals surface area contributed by atoms with Gasteiger partial charge in [0.2, 0.25) is 0 Å². The van der Waals surface area contributed by atoms with E-state index in [1.54, 1.807) is 0 Å². The Morgan fingerprint density at radius 3 is 2.00 bits per heavy atom. The summed E-state index contributed by atoms with van der Waals surface area (Å²) in [5, 5.41) is 0. The van der Waals surface area contributed by atoms with E-state index in [0.29, 0.717) is 12.3 Å². The molecule has 2 aromatic rings. The largest absolute Gasteiger partial charge is 0.294 e. The molecule has 2 rings (SSSR count). The summed E-state index contributed by atoms with van der Waals surface area (Å²) in [5.74, 6) is 0.626. The van der Waals surface area contributed by atoms with Crippen LogP contribution in [0.1, 0.15) is 55.5 Å². The first-order valence-electron chi connectivity index (χ1n) is 7.68. The standard InChI is InChI=1S/C20H24O/c1-4-18(16-11-7-5-8-12-16)20(2,3)15-19(21)17-13-9-6-10-14-17/h5-14,18H,4,15H2,1-3H3/t18-/m1/s1. The van der Waals surface area contributed by atoms with E-state index in [0.717, 1.165) is 12.0 Å². The van der Waals surface area contributed by atoms with Crippen LogP contribution in [-0.2, 0) is 0 Å². The number of rotatable bonds is 6. The van der Waals surface area contributed by atoms with Gasteiger partial charge in [0, 0.05) is 12.0 Å². The molecule has 0 heterocycles. The van der Waals surface area contributed by atoms with E-state index >= 15 is 0 Å². The molecule has 1 heteroatoms. The first-order valence-corrected chi connectivity index (χ1v) is 7.68. The SMILES string of the molecule is CC[C@H](c1ccccc1)C(C)(C)CC(=O)c1ccccc1. The lowest BCUT2D eigenvalue weighted by Gasteiger charge is -2.34. The molecule has 0 aliphatic rings. The fourth-order valence-corrected chi connectivity index (χ4v) is 3.19. The molecule has 0 aromatic heterocycles. The normalized spacial score (nSPS) is 12.9. The first-order chi connectivity index (χ1) is 10.0. The zero-order chi connectivity index (χ0) is 15.3. The van der Waals surface area contributed by atoms with Crippen molar-refractivity contribution in [2.45, 2.75) is 39.5 Å². The molecular formula is C20H24O. The van der Waals surface area contributed by atoms with Gasteiger partial charge < -0.3 is 0 Å². The van der Waals surface area contributed by atoms with Crippen molar-refractivity contribution in [3.05, 3.63) is 71.8 Å². The molecule has 110 valence electrons. The van der Waals surface area contributed by atoms with Crippen LogP contribution in [0.2, 0.25) is 0 Å². The molecule has 2 aromatic carbocycles. The lowest BCUT2D eigenvalue weighted by Crippen LogP contribution is -2.25. The molecule has 0 radical (unpaired) electrons. The van der Waals surface area contributed by atoms with Crippen molar-refractivity contribution < 1.29 is 4.79 Å². The first kappa shape index (κ1) is 15.5. The van der Waals surface area contributed by atoms with Gasteiger partial charge in [0.1, 0.15) is 0 Å². The lowest BCUT2D eigenvalue weighted by atomic mass is 9.70. The Kier molecular flexibility index (Phi) is 4.95.